The van der Waals surface area contributed by atoms with E-state index >= 15 is 0 Å². The van der Waals surface area contributed by atoms with E-state index in [1.807, 2.05) is 13.8 Å². The van der Waals surface area contributed by atoms with E-state index < -0.39 is 6.10 Å². The van der Waals surface area contributed by atoms with Gasteiger partial charge in [-0.3, -0.25) is 4.79 Å². The van der Waals surface area contributed by atoms with Gasteiger partial charge in [0.25, 0.3) is 0 Å². The lowest BCUT2D eigenvalue weighted by atomic mass is 9.95. The van der Waals surface area contributed by atoms with Gasteiger partial charge in [-0.15, -0.1) is 6.42 Å². The minimum absolute atomic E-state index is 0.201. The summed E-state index contributed by atoms with van der Waals surface area (Å²) in [5.74, 6) is 2.13. The molecule has 1 atom stereocenters. The Morgan fingerprint density at radius 2 is 2.12 bits per heavy atom. The maximum atomic E-state index is 11.4. The number of terminal acetylenes is 1. The zero-order chi connectivity index (χ0) is 12.6. The molecule has 0 aliphatic carbocycles. The monoisotopic (exact) mass is 226 g/mol. The summed E-state index contributed by atoms with van der Waals surface area (Å²) >= 11 is 0. The van der Waals surface area contributed by atoms with Gasteiger partial charge in [0.15, 0.2) is 0 Å². The van der Waals surface area contributed by atoms with Crippen molar-refractivity contribution in [3.8, 4) is 12.3 Å². The molecule has 0 spiro atoms. The third kappa shape index (κ3) is 5.15. The molecule has 4 nitrogen and oxygen atoms in total. The summed E-state index contributed by atoms with van der Waals surface area (Å²) in [5, 5.41) is 2.56. The van der Waals surface area contributed by atoms with Crippen LogP contribution in [0.2, 0.25) is 0 Å². The summed E-state index contributed by atoms with van der Waals surface area (Å²) in [6.07, 6.45) is 6.16. The van der Waals surface area contributed by atoms with Gasteiger partial charge in [-0.1, -0.05) is 19.8 Å². The highest BCUT2D eigenvalue weighted by molar-refractivity contribution is 5.80. The molecule has 92 valence electrons. The van der Waals surface area contributed by atoms with Gasteiger partial charge >= 0.3 is 0 Å². The predicted molar refractivity (Wildman–Crippen MR) is 64.8 cm³/mol. The summed E-state index contributed by atoms with van der Waals surface area (Å²) < 4.78 is 5.44. The van der Waals surface area contributed by atoms with Gasteiger partial charge in [0.05, 0.1) is 13.2 Å². The van der Waals surface area contributed by atoms with E-state index in [0.29, 0.717) is 6.61 Å². The Hall–Kier alpha value is -1.05. The number of hydrogen-bond donors (Lipinski definition) is 2. The Morgan fingerprint density at radius 1 is 1.56 bits per heavy atom. The predicted octanol–water partition coefficient (Wildman–Crippen LogP) is 0.658. The summed E-state index contributed by atoms with van der Waals surface area (Å²) in [4.78, 5) is 11.4. The maximum absolute atomic E-state index is 11.4. The van der Waals surface area contributed by atoms with Crippen LogP contribution < -0.4 is 11.1 Å². The van der Waals surface area contributed by atoms with Gasteiger partial charge in [0.1, 0.15) is 6.10 Å². The second-order valence-electron chi connectivity index (χ2n) is 3.94. The molecule has 1 amide bonds. The van der Waals surface area contributed by atoms with E-state index in [4.69, 9.17) is 16.9 Å². The number of nitrogens with one attached hydrogen (secondary N) is 1. The first-order chi connectivity index (χ1) is 7.49. The van der Waals surface area contributed by atoms with Crippen molar-refractivity contribution < 1.29 is 9.53 Å². The van der Waals surface area contributed by atoms with Crippen molar-refractivity contribution in [1.82, 2.24) is 5.32 Å². The van der Waals surface area contributed by atoms with Crippen molar-refractivity contribution in [2.24, 2.45) is 5.73 Å². The summed E-state index contributed by atoms with van der Waals surface area (Å²) in [7, 11) is 0. The third-order valence-electron chi connectivity index (χ3n) is 2.76. The van der Waals surface area contributed by atoms with Crippen molar-refractivity contribution in [2.45, 2.75) is 45.3 Å². The smallest absolute Gasteiger partial charge is 0.249 e. The lowest BCUT2D eigenvalue weighted by Gasteiger charge is -2.27. The molecule has 0 rings (SSSR count). The number of ether oxygens (including phenoxy) is 1. The molecular formula is C12H22N2O2. The van der Waals surface area contributed by atoms with Crippen LogP contribution in [0.3, 0.4) is 0 Å². The van der Waals surface area contributed by atoms with Crippen molar-refractivity contribution in [3.63, 3.8) is 0 Å². The Labute approximate surface area is 97.9 Å². The van der Waals surface area contributed by atoms with E-state index in [-0.39, 0.29) is 18.0 Å². The number of nitrogens with two attached hydrogens (primary N) is 1. The fourth-order valence-electron chi connectivity index (χ4n) is 1.10. The molecule has 4 heteroatoms. The Bertz CT molecular complexity index is 254. The van der Waals surface area contributed by atoms with E-state index in [2.05, 4.69) is 11.2 Å². The van der Waals surface area contributed by atoms with Gasteiger partial charge < -0.3 is 15.8 Å². The lowest BCUT2D eigenvalue weighted by Crippen LogP contribution is -2.46. The minimum Gasteiger partial charge on any atom is -0.367 e. The van der Waals surface area contributed by atoms with Crippen molar-refractivity contribution in [3.05, 3.63) is 0 Å². The quantitative estimate of drug-likeness (QED) is 0.627. The molecule has 0 radical (unpaired) electrons. The van der Waals surface area contributed by atoms with Gasteiger partial charge in [-0.05, 0) is 19.8 Å². The van der Waals surface area contributed by atoms with Gasteiger partial charge in [0, 0.05) is 5.54 Å². The Morgan fingerprint density at radius 3 is 2.56 bits per heavy atom. The van der Waals surface area contributed by atoms with E-state index in [0.717, 1.165) is 12.8 Å². The van der Waals surface area contributed by atoms with Gasteiger partial charge in [-0.2, -0.15) is 0 Å². The number of hydrogen-bond acceptors (Lipinski definition) is 3. The van der Waals surface area contributed by atoms with Crippen LogP contribution in [0.5, 0.6) is 0 Å². The maximum Gasteiger partial charge on any atom is 0.249 e. The minimum atomic E-state index is -0.519. The average molecular weight is 226 g/mol. The molecule has 0 aromatic heterocycles. The van der Waals surface area contributed by atoms with Crippen molar-refractivity contribution in [2.75, 3.05) is 13.2 Å². The molecule has 0 aliphatic heterocycles. The van der Waals surface area contributed by atoms with Crippen molar-refractivity contribution >= 4 is 5.91 Å². The largest absolute Gasteiger partial charge is 0.367 e. The highest BCUT2D eigenvalue weighted by Crippen LogP contribution is 2.12. The van der Waals surface area contributed by atoms with Crippen LogP contribution in [0.1, 0.15) is 33.6 Å². The van der Waals surface area contributed by atoms with Crippen molar-refractivity contribution in [1.29, 1.82) is 0 Å². The molecule has 0 aromatic rings. The fraction of sp³-hybridized carbons (Fsp3) is 0.750. The molecular weight excluding hydrogens is 204 g/mol. The first-order valence-electron chi connectivity index (χ1n) is 5.60. The normalized spacial score (nSPS) is 12.9. The molecule has 16 heavy (non-hydrogen) atoms. The molecule has 0 saturated heterocycles. The van der Waals surface area contributed by atoms with Crippen LogP contribution >= 0.6 is 0 Å². The summed E-state index contributed by atoms with van der Waals surface area (Å²) in [6, 6.07) is 0. The molecule has 0 aliphatic rings. The lowest BCUT2D eigenvalue weighted by molar-refractivity contribution is -0.132. The highest BCUT2D eigenvalue weighted by Gasteiger charge is 2.23. The van der Waals surface area contributed by atoms with Crippen LogP contribution in [0, 0.1) is 12.3 Å². The van der Waals surface area contributed by atoms with E-state index in [1.165, 1.54) is 0 Å². The Balaban J connectivity index is 4.01. The zero-order valence-corrected chi connectivity index (χ0v) is 10.4. The number of carbonyl (C=O) groups is 1. The van der Waals surface area contributed by atoms with E-state index in [1.54, 1.807) is 6.92 Å². The molecule has 0 saturated carbocycles. The van der Waals surface area contributed by atoms with Gasteiger partial charge in [-0.25, -0.2) is 0 Å². The van der Waals surface area contributed by atoms with E-state index in [9.17, 15) is 4.79 Å². The topological polar surface area (TPSA) is 64.3 Å². The molecule has 0 heterocycles. The SMILES string of the molecule is C#CCNC(=O)C(C)OCC(N)(CC)CC. The molecule has 0 aromatic carbocycles. The molecule has 0 fully saturated rings. The number of rotatable bonds is 7. The fourth-order valence-corrected chi connectivity index (χ4v) is 1.10. The van der Waals surface area contributed by atoms with Crippen LogP contribution in [0.25, 0.3) is 0 Å². The number of carbonyl (C=O) groups excluding carboxylic acids is 1. The van der Waals surface area contributed by atoms with Crippen LogP contribution in [0.15, 0.2) is 0 Å². The molecule has 0 bridgehead atoms. The van der Waals surface area contributed by atoms with Crippen LogP contribution in [0.4, 0.5) is 0 Å². The third-order valence-corrected chi connectivity index (χ3v) is 2.76. The summed E-state index contributed by atoms with van der Waals surface area (Å²) in [6.45, 7) is 6.32. The zero-order valence-electron chi connectivity index (χ0n) is 10.4. The van der Waals surface area contributed by atoms with Gasteiger partial charge in [0.2, 0.25) is 5.91 Å². The highest BCUT2D eigenvalue weighted by atomic mass is 16.5. The number of amides is 1. The van der Waals surface area contributed by atoms with Crippen LogP contribution in [-0.2, 0) is 9.53 Å². The molecule has 3 N–H and O–H groups in total. The first kappa shape index (κ1) is 14.9. The standard InChI is InChI=1S/C12H22N2O2/c1-5-8-14-11(15)10(4)16-9-12(13,6-2)7-3/h1,10H,6-9,13H2,2-4H3,(H,14,15). The molecule has 1 unspecified atom stereocenters. The summed E-state index contributed by atoms with van der Waals surface area (Å²) in [5.41, 5.74) is 5.71. The second kappa shape index (κ2) is 7.26. The Kier molecular flexibility index (Phi) is 6.78. The van der Waals surface area contributed by atoms with Crippen LogP contribution in [-0.4, -0.2) is 30.7 Å². The second-order valence-corrected chi connectivity index (χ2v) is 3.94. The average Bonchev–Trinajstić information content (AvgIpc) is 2.32. The first-order valence-corrected chi connectivity index (χ1v) is 5.60.